The number of nitrogens with zero attached hydrogens (tertiary/aromatic N) is 2. The Balaban J connectivity index is 1.94. The van der Waals surface area contributed by atoms with Crippen molar-refractivity contribution in [2.75, 3.05) is 25.5 Å². The minimum absolute atomic E-state index is 0.0948. The Kier molecular flexibility index (Phi) is 4.12. The molecule has 17 heavy (non-hydrogen) atoms. The summed E-state index contributed by atoms with van der Waals surface area (Å²) in [5.41, 5.74) is 0.756. The molecular formula is C12H16BrN3O. The Bertz CT molecular complexity index is 393. The van der Waals surface area contributed by atoms with Crippen molar-refractivity contribution in [2.45, 2.75) is 12.8 Å². The molecule has 0 radical (unpaired) electrons. The van der Waals surface area contributed by atoms with Crippen LogP contribution in [-0.4, -0.2) is 35.9 Å². The van der Waals surface area contributed by atoms with E-state index in [1.165, 1.54) is 0 Å². The number of carbonyl (C=O) groups is 1. The van der Waals surface area contributed by atoms with Crippen LogP contribution in [0.4, 0.5) is 5.69 Å². The molecule has 1 atom stereocenters. The molecule has 2 heterocycles. The van der Waals surface area contributed by atoms with Gasteiger partial charge in [0.05, 0.1) is 17.8 Å². The fourth-order valence-electron chi connectivity index (χ4n) is 2.07. The van der Waals surface area contributed by atoms with E-state index in [1.54, 1.807) is 6.20 Å². The zero-order valence-corrected chi connectivity index (χ0v) is 11.4. The quantitative estimate of drug-likeness (QED) is 0.851. The second-order valence-corrected chi connectivity index (χ2v) is 5.27. The molecule has 1 aliphatic rings. The predicted octanol–water partition coefficient (Wildman–Crippen LogP) is 2.12. The Morgan fingerprint density at radius 2 is 2.41 bits per heavy atom. The highest BCUT2D eigenvalue weighted by molar-refractivity contribution is 9.10. The number of likely N-dealkylation sites (tertiary alicyclic amines) is 1. The second kappa shape index (κ2) is 5.60. The minimum Gasteiger partial charge on any atom is -0.324 e. The normalized spacial score (nSPS) is 21.2. The van der Waals surface area contributed by atoms with Gasteiger partial charge >= 0.3 is 0 Å². The molecule has 0 aliphatic carbocycles. The summed E-state index contributed by atoms with van der Waals surface area (Å²) in [6.45, 7) is 1.93. The predicted molar refractivity (Wildman–Crippen MR) is 70.8 cm³/mol. The molecule has 5 heteroatoms. The summed E-state index contributed by atoms with van der Waals surface area (Å²) in [5, 5.41) is 2.91. The smallest absolute Gasteiger partial charge is 0.228 e. The molecule has 1 aromatic rings. The van der Waals surface area contributed by atoms with E-state index in [0.29, 0.717) is 0 Å². The zero-order valence-electron chi connectivity index (χ0n) is 9.82. The fraction of sp³-hybridized carbons (Fsp3) is 0.500. The molecule has 1 aromatic heterocycles. The maximum Gasteiger partial charge on any atom is 0.228 e. The maximum atomic E-state index is 12.0. The van der Waals surface area contributed by atoms with Crippen LogP contribution in [0.3, 0.4) is 0 Å². The molecule has 92 valence electrons. The third kappa shape index (κ3) is 3.51. The topological polar surface area (TPSA) is 45.2 Å². The zero-order chi connectivity index (χ0) is 12.3. The van der Waals surface area contributed by atoms with Gasteiger partial charge in [0.15, 0.2) is 0 Å². The van der Waals surface area contributed by atoms with Crippen LogP contribution in [0.5, 0.6) is 0 Å². The van der Waals surface area contributed by atoms with Gasteiger partial charge in [-0.2, -0.15) is 0 Å². The van der Waals surface area contributed by atoms with Crippen LogP contribution in [0, 0.1) is 5.92 Å². The molecule has 2 rings (SSSR count). The SMILES string of the molecule is CN1CCCC(C(=O)Nc2ccc(Br)nc2)C1. The highest BCUT2D eigenvalue weighted by Crippen LogP contribution is 2.18. The Labute approximate surface area is 110 Å². The van der Waals surface area contributed by atoms with E-state index in [9.17, 15) is 4.79 Å². The highest BCUT2D eigenvalue weighted by Gasteiger charge is 2.23. The number of piperidine rings is 1. The van der Waals surface area contributed by atoms with Crippen molar-refractivity contribution >= 4 is 27.5 Å². The van der Waals surface area contributed by atoms with E-state index in [-0.39, 0.29) is 11.8 Å². The van der Waals surface area contributed by atoms with Crippen molar-refractivity contribution in [1.82, 2.24) is 9.88 Å². The van der Waals surface area contributed by atoms with Gasteiger partial charge in [-0.25, -0.2) is 4.98 Å². The van der Waals surface area contributed by atoms with Crippen molar-refractivity contribution in [3.8, 4) is 0 Å². The molecule has 0 bridgehead atoms. The summed E-state index contributed by atoms with van der Waals surface area (Å²) in [5.74, 6) is 0.193. The second-order valence-electron chi connectivity index (χ2n) is 4.46. The first-order valence-corrected chi connectivity index (χ1v) is 6.55. The van der Waals surface area contributed by atoms with Gasteiger partial charge < -0.3 is 10.2 Å². The maximum absolute atomic E-state index is 12.0. The van der Waals surface area contributed by atoms with E-state index in [1.807, 2.05) is 12.1 Å². The van der Waals surface area contributed by atoms with Crippen LogP contribution in [0.1, 0.15) is 12.8 Å². The van der Waals surface area contributed by atoms with Crippen molar-refractivity contribution in [3.05, 3.63) is 22.9 Å². The van der Waals surface area contributed by atoms with E-state index in [4.69, 9.17) is 0 Å². The molecule has 1 N–H and O–H groups in total. The summed E-state index contributed by atoms with van der Waals surface area (Å²) in [6.07, 6.45) is 3.72. The van der Waals surface area contributed by atoms with Crippen LogP contribution in [-0.2, 0) is 4.79 Å². The molecule has 1 saturated heterocycles. The summed E-state index contributed by atoms with van der Waals surface area (Å²) in [7, 11) is 2.06. The summed E-state index contributed by atoms with van der Waals surface area (Å²) < 4.78 is 0.771. The number of anilines is 1. The third-order valence-corrected chi connectivity index (χ3v) is 3.46. The molecule has 1 fully saturated rings. The summed E-state index contributed by atoms with van der Waals surface area (Å²) >= 11 is 3.27. The van der Waals surface area contributed by atoms with Crippen LogP contribution in [0.15, 0.2) is 22.9 Å². The number of halogens is 1. The molecule has 0 saturated carbocycles. The van der Waals surface area contributed by atoms with E-state index >= 15 is 0 Å². The van der Waals surface area contributed by atoms with Crippen LogP contribution >= 0.6 is 15.9 Å². The molecule has 1 unspecified atom stereocenters. The standard InChI is InChI=1S/C12H16BrN3O/c1-16-6-2-3-9(8-16)12(17)15-10-4-5-11(13)14-7-10/h4-5,7,9H,2-3,6,8H2,1H3,(H,15,17). The van der Waals surface area contributed by atoms with Crippen molar-refractivity contribution < 1.29 is 4.79 Å². The number of pyridine rings is 1. The van der Waals surface area contributed by atoms with Crippen LogP contribution < -0.4 is 5.32 Å². The van der Waals surface area contributed by atoms with Gasteiger partial charge in [0.2, 0.25) is 5.91 Å². The number of nitrogens with one attached hydrogen (secondary N) is 1. The number of rotatable bonds is 2. The number of carbonyl (C=O) groups excluding carboxylic acids is 1. The fourth-order valence-corrected chi connectivity index (χ4v) is 2.31. The summed E-state index contributed by atoms with van der Waals surface area (Å²) in [6, 6.07) is 3.67. The molecule has 0 spiro atoms. The average molecular weight is 298 g/mol. The molecular weight excluding hydrogens is 282 g/mol. The lowest BCUT2D eigenvalue weighted by Gasteiger charge is -2.28. The van der Waals surface area contributed by atoms with Crippen molar-refractivity contribution in [1.29, 1.82) is 0 Å². The Morgan fingerprint density at radius 3 is 3.06 bits per heavy atom. The summed E-state index contributed by atoms with van der Waals surface area (Å²) in [4.78, 5) is 18.3. The van der Waals surface area contributed by atoms with E-state index < -0.39 is 0 Å². The van der Waals surface area contributed by atoms with E-state index in [2.05, 4.69) is 38.2 Å². The van der Waals surface area contributed by atoms with Crippen LogP contribution in [0.2, 0.25) is 0 Å². The highest BCUT2D eigenvalue weighted by atomic mass is 79.9. The molecule has 1 aliphatic heterocycles. The van der Waals surface area contributed by atoms with Gasteiger partial charge in [-0.1, -0.05) is 0 Å². The molecule has 0 aromatic carbocycles. The lowest BCUT2D eigenvalue weighted by molar-refractivity contribution is -0.121. The monoisotopic (exact) mass is 297 g/mol. The third-order valence-electron chi connectivity index (χ3n) is 2.99. The average Bonchev–Trinajstić information content (AvgIpc) is 2.32. The molecule has 4 nitrogen and oxygen atoms in total. The van der Waals surface area contributed by atoms with Crippen molar-refractivity contribution in [3.63, 3.8) is 0 Å². The first-order chi connectivity index (χ1) is 8.15. The van der Waals surface area contributed by atoms with Gasteiger partial charge in [0.1, 0.15) is 4.60 Å². The number of hydrogen-bond acceptors (Lipinski definition) is 3. The lowest BCUT2D eigenvalue weighted by Crippen LogP contribution is -2.38. The van der Waals surface area contributed by atoms with Gasteiger partial charge in [0.25, 0.3) is 0 Å². The minimum atomic E-state index is 0.0948. The van der Waals surface area contributed by atoms with Crippen LogP contribution in [0.25, 0.3) is 0 Å². The van der Waals surface area contributed by atoms with Gasteiger partial charge in [-0.3, -0.25) is 4.79 Å². The van der Waals surface area contributed by atoms with Gasteiger partial charge in [-0.15, -0.1) is 0 Å². The largest absolute Gasteiger partial charge is 0.324 e. The first-order valence-electron chi connectivity index (χ1n) is 5.76. The number of amides is 1. The molecule has 1 amide bonds. The first kappa shape index (κ1) is 12.5. The van der Waals surface area contributed by atoms with Gasteiger partial charge in [-0.05, 0) is 54.5 Å². The lowest BCUT2D eigenvalue weighted by atomic mass is 9.97. The van der Waals surface area contributed by atoms with E-state index in [0.717, 1.165) is 36.2 Å². The Morgan fingerprint density at radius 1 is 1.59 bits per heavy atom. The number of hydrogen-bond donors (Lipinski definition) is 1. The Hall–Kier alpha value is -0.940. The van der Waals surface area contributed by atoms with Gasteiger partial charge in [0, 0.05) is 6.54 Å². The van der Waals surface area contributed by atoms with Crippen molar-refractivity contribution in [2.24, 2.45) is 5.92 Å². The number of aromatic nitrogens is 1.